The summed E-state index contributed by atoms with van der Waals surface area (Å²) in [6.07, 6.45) is 4.67. The standard InChI is InChI=1S/C19H17N5O6S2.Na/c1-29-23-12(11-8-32-19(20)21-11)15(25)22-13-16(26)24-14(18(27)28)9(7-31-17(13)24)4-5-10-3-2-6-30-10;/h2-6,8,13,17H,7H2,1H3,(H2,20,21)(H,22,25)(H,27,28);/q;+1/p-1/t13?,17-;/m0./s1. The molecule has 0 aliphatic carbocycles. The number of oxime groups is 1. The summed E-state index contributed by atoms with van der Waals surface area (Å²) in [5.41, 5.74) is 5.84. The number of hydrogen-bond donors (Lipinski definition) is 2. The summed E-state index contributed by atoms with van der Waals surface area (Å²) in [5, 5.41) is 19.2. The predicted molar refractivity (Wildman–Crippen MR) is 115 cm³/mol. The molecule has 14 heteroatoms. The van der Waals surface area contributed by atoms with E-state index in [1.165, 1.54) is 30.5 Å². The van der Waals surface area contributed by atoms with E-state index in [0.717, 1.165) is 16.2 Å². The number of anilines is 1. The van der Waals surface area contributed by atoms with Crippen LogP contribution in [0.25, 0.3) is 6.08 Å². The number of carbonyl (C=O) groups excluding carboxylic acids is 3. The molecule has 2 aromatic heterocycles. The zero-order valence-corrected chi connectivity index (χ0v) is 21.1. The number of hydrogen-bond acceptors (Lipinski definition) is 11. The van der Waals surface area contributed by atoms with Gasteiger partial charge in [-0.05, 0) is 23.8 Å². The topological polar surface area (TPSA) is 163 Å². The van der Waals surface area contributed by atoms with Gasteiger partial charge in [0.05, 0.1) is 17.9 Å². The molecule has 2 atom stereocenters. The second-order valence-corrected chi connectivity index (χ2v) is 8.56. The maximum atomic E-state index is 12.8. The first-order chi connectivity index (χ1) is 15.4. The van der Waals surface area contributed by atoms with Crippen molar-refractivity contribution in [1.29, 1.82) is 0 Å². The van der Waals surface area contributed by atoms with Crippen molar-refractivity contribution in [2.45, 2.75) is 11.4 Å². The maximum Gasteiger partial charge on any atom is 1.00 e. The molecule has 2 aliphatic heterocycles. The number of carboxylic acids is 1. The van der Waals surface area contributed by atoms with E-state index in [9.17, 15) is 19.5 Å². The number of amides is 2. The Morgan fingerprint density at radius 2 is 2.24 bits per heavy atom. The first kappa shape index (κ1) is 25.1. The molecule has 0 spiro atoms. The number of nitrogens with one attached hydrogen (secondary N) is 1. The number of thioether (sulfide) groups is 1. The first-order valence-corrected chi connectivity index (χ1v) is 11.1. The van der Waals surface area contributed by atoms with Crippen LogP contribution in [0.5, 0.6) is 0 Å². The molecule has 1 unspecified atom stereocenters. The van der Waals surface area contributed by atoms with Crippen molar-refractivity contribution in [2.75, 3.05) is 18.6 Å². The predicted octanol–water partition coefficient (Wildman–Crippen LogP) is -3.21. The average Bonchev–Trinajstić information content (AvgIpc) is 3.45. The molecule has 2 amide bonds. The minimum Gasteiger partial charge on any atom is -0.543 e. The second-order valence-electron chi connectivity index (χ2n) is 6.56. The van der Waals surface area contributed by atoms with Gasteiger partial charge in [0.1, 0.15) is 30.0 Å². The molecule has 4 rings (SSSR count). The van der Waals surface area contributed by atoms with Gasteiger partial charge in [-0.15, -0.1) is 23.1 Å². The Bertz CT molecular complexity index is 1160. The Labute approximate surface area is 218 Å². The minimum atomic E-state index is -1.48. The van der Waals surface area contributed by atoms with E-state index in [1.54, 1.807) is 24.3 Å². The molecule has 4 heterocycles. The number of allylic oxidation sites excluding steroid dienone is 1. The number of aromatic nitrogens is 1. The normalized spacial score (nSPS) is 20.2. The van der Waals surface area contributed by atoms with Crippen molar-refractivity contribution in [3.63, 3.8) is 0 Å². The number of rotatable bonds is 7. The van der Waals surface area contributed by atoms with Gasteiger partial charge in [-0.25, -0.2) is 4.98 Å². The smallest absolute Gasteiger partial charge is 0.543 e. The van der Waals surface area contributed by atoms with Crippen LogP contribution in [-0.4, -0.2) is 57.7 Å². The van der Waals surface area contributed by atoms with Crippen LogP contribution < -0.4 is 45.7 Å². The van der Waals surface area contributed by atoms with Crippen LogP contribution in [0.1, 0.15) is 11.5 Å². The van der Waals surface area contributed by atoms with Gasteiger partial charge in [-0.2, -0.15) is 0 Å². The number of carboxylic acid groups (broad SMARTS) is 1. The minimum absolute atomic E-state index is 0. The quantitative estimate of drug-likeness (QED) is 0.173. The molecular weight excluding hydrogens is 481 g/mol. The number of thiazole rings is 1. The van der Waals surface area contributed by atoms with Crippen LogP contribution in [0.4, 0.5) is 5.13 Å². The molecule has 1 fully saturated rings. The third-order valence-electron chi connectivity index (χ3n) is 4.63. The molecule has 166 valence electrons. The van der Waals surface area contributed by atoms with Crippen LogP contribution in [-0.2, 0) is 19.2 Å². The summed E-state index contributed by atoms with van der Waals surface area (Å²) in [6.45, 7) is 0. The molecule has 0 bridgehead atoms. The number of fused-ring (bicyclic) bond motifs is 1. The van der Waals surface area contributed by atoms with E-state index in [-0.39, 0.29) is 51.8 Å². The number of β-lactam (4-membered cyclic amide) rings is 1. The number of nitrogens with two attached hydrogens (primary N) is 1. The first-order valence-electron chi connectivity index (χ1n) is 9.15. The summed E-state index contributed by atoms with van der Waals surface area (Å²) in [6, 6.07) is 2.46. The number of nitrogens with zero attached hydrogens (tertiary/aromatic N) is 3. The maximum absolute atomic E-state index is 12.8. The van der Waals surface area contributed by atoms with Gasteiger partial charge >= 0.3 is 29.6 Å². The zero-order valence-electron chi connectivity index (χ0n) is 17.5. The Kier molecular flexibility index (Phi) is 8.02. The van der Waals surface area contributed by atoms with Crippen molar-refractivity contribution in [2.24, 2.45) is 5.16 Å². The fraction of sp³-hybridized carbons (Fsp3) is 0.211. The van der Waals surface area contributed by atoms with Crippen molar-refractivity contribution >= 4 is 57.8 Å². The summed E-state index contributed by atoms with van der Waals surface area (Å²) < 4.78 is 5.20. The van der Waals surface area contributed by atoms with E-state index in [4.69, 9.17) is 15.0 Å². The largest absolute Gasteiger partial charge is 1.00 e. The molecule has 0 saturated carbocycles. The van der Waals surface area contributed by atoms with Gasteiger partial charge in [0, 0.05) is 11.1 Å². The summed E-state index contributed by atoms with van der Waals surface area (Å²) in [7, 11) is 1.27. The molecule has 0 aromatic carbocycles. The number of carbonyl (C=O) groups is 3. The average molecular weight is 497 g/mol. The molecule has 2 aliphatic rings. The zero-order chi connectivity index (χ0) is 22.8. The molecule has 2 aromatic rings. The van der Waals surface area contributed by atoms with E-state index in [0.29, 0.717) is 17.1 Å². The fourth-order valence-electron chi connectivity index (χ4n) is 3.23. The molecule has 33 heavy (non-hydrogen) atoms. The molecular formula is C19H16N5NaO6S2. The van der Waals surface area contributed by atoms with Gasteiger partial charge < -0.3 is 30.2 Å². The Balaban J connectivity index is 0.00000306. The van der Waals surface area contributed by atoms with E-state index >= 15 is 0 Å². The van der Waals surface area contributed by atoms with Gasteiger partial charge in [-0.1, -0.05) is 11.2 Å². The SMILES string of the molecule is CON=C(C(=O)NC1C(=O)N2C(C(=O)[O-])=C(C=Cc3ccco3)CS[C@@H]12)c1csc(N)n1.[Na+]. The van der Waals surface area contributed by atoms with Gasteiger partial charge in [-0.3, -0.25) is 14.5 Å². The number of nitrogen functional groups attached to an aromatic ring is 1. The third kappa shape index (κ3) is 5.01. The summed E-state index contributed by atoms with van der Waals surface area (Å²) in [4.78, 5) is 47.1. The summed E-state index contributed by atoms with van der Waals surface area (Å²) in [5.74, 6) is -1.92. The number of furan rings is 1. The monoisotopic (exact) mass is 497 g/mol. The van der Waals surface area contributed by atoms with Gasteiger partial charge in [0.25, 0.3) is 11.8 Å². The third-order valence-corrected chi connectivity index (χ3v) is 6.61. The van der Waals surface area contributed by atoms with Crippen LogP contribution >= 0.6 is 23.1 Å². The Hall–Kier alpha value is -2.58. The van der Waals surface area contributed by atoms with Crippen LogP contribution in [0, 0.1) is 0 Å². The van der Waals surface area contributed by atoms with Crippen molar-refractivity contribution < 1.29 is 58.3 Å². The molecule has 0 radical (unpaired) electrons. The van der Waals surface area contributed by atoms with Gasteiger partial charge in [0.15, 0.2) is 10.8 Å². The van der Waals surface area contributed by atoms with E-state index in [2.05, 4.69) is 15.5 Å². The fourth-order valence-corrected chi connectivity index (χ4v) is 5.10. The Morgan fingerprint density at radius 1 is 1.45 bits per heavy atom. The van der Waals surface area contributed by atoms with Crippen molar-refractivity contribution in [3.05, 3.63) is 52.6 Å². The molecule has 3 N–H and O–H groups in total. The van der Waals surface area contributed by atoms with E-state index < -0.39 is 29.2 Å². The van der Waals surface area contributed by atoms with Crippen LogP contribution in [0.3, 0.4) is 0 Å². The van der Waals surface area contributed by atoms with Crippen molar-refractivity contribution in [3.8, 4) is 0 Å². The van der Waals surface area contributed by atoms with Gasteiger partial charge in [0.2, 0.25) is 0 Å². The molecule has 11 nitrogen and oxygen atoms in total. The number of aliphatic carboxylic acids is 1. The summed E-state index contributed by atoms with van der Waals surface area (Å²) >= 11 is 2.43. The Morgan fingerprint density at radius 3 is 2.85 bits per heavy atom. The van der Waals surface area contributed by atoms with Crippen molar-refractivity contribution in [1.82, 2.24) is 15.2 Å². The molecule has 1 saturated heterocycles. The van der Waals surface area contributed by atoms with Crippen LogP contribution in [0.2, 0.25) is 0 Å². The second kappa shape index (κ2) is 10.6. The van der Waals surface area contributed by atoms with Crippen LogP contribution in [0.15, 0.2) is 50.7 Å². The van der Waals surface area contributed by atoms with E-state index in [1.807, 2.05) is 0 Å².